The molecule has 2 rings (SSSR count). The van der Waals surface area contributed by atoms with Gasteiger partial charge in [0.2, 0.25) is 0 Å². The fraction of sp³-hybridized carbons (Fsp3) is 0.312. The number of hydrogen-bond donors (Lipinski definition) is 2. The van der Waals surface area contributed by atoms with Crippen LogP contribution in [0.25, 0.3) is 0 Å². The van der Waals surface area contributed by atoms with Gasteiger partial charge in [-0.15, -0.1) is 35.3 Å². The summed E-state index contributed by atoms with van der Waals surface area (Å²) >= 11 is 7.87. The van der Waals surface area contributed by atoms with E-state index in [1.165, 1.54) is 10.4 Å². The van der Waals surface area contributed by atoms with Crippen molar-refractivity contribution in [1.82, 2.24) is 5.32 Å². The van der Waals surface area contributed by atoms with Crippen LogP contribution in [0.4, 0.5) is 0 Å². The summed E-state index contributed by atoms with van der Waals surface area (Å²) in [5.41, 5.74) is 7.00. The van der Waals surface area contributed by atoms with Gasteiger partial charge in [-0.2, -0.15) is 0 Å². The molecular formula is C16H21ClIN3S. The Kier molecular flexibility index (Phi) is 9.50. The van der Waals surface area contributed by atoms with Gasteiger partial charge in [0.15, 0.2) is 5.96 Å². The van der Waals surface area contributed by atoms with Crippen molar-refractivity contribution in [2.75, 3.05) is 13.1 Å². The van der Waals surface area contributed by atoms with Gasteiger partial charge in [0.1, 0.15) is 0 Å². The predicted octanol–water partition coefficient (Wildman–Crippen LogP) is 4.10. The zero-order valence-electron chi connectivity index (χ0n) is 12.3. The highest BCUT2D eigenvalue weighted by Crippen LogP contribution is 2.16. The molecule has 0 bridgehead atoms. The van der Waals surface area contributed by atoms with Crippen molar-refractivity contribution in [1.29, 1.82) is 0 Å². The second kappa shape index (κ2) is 10.9. The monoisotopic (exact) mass is 449 g/mol. The second-order valence-corrected chi connectivity index (χ2v) is 6.16. The fourth-order valence-corrected chi connectivity index (χ4v) is 2.93. The van der Waals surface area contributed by atoms with E-state index >= 15 is 0 Å². The quantitative estimate of drug-likeness (QED) is 0.289. The minimum atomic E-state index is 0. The highest BCUT2D eigenvalue weighted by atomic mass is 127. The van der Waals surface area contributed by atoms with Crippen molar-refractivity contribution in [3.8, 4) is 0 Å². The van der Waals surface area contributed by atoms with E-state index < -0.39 is 0 Å². The van der Waals surface area contributed by atoms with Gasteiger partial charge in [-0.25, -0.2) is 0 Å². The van der Waals surface area contributed by atoms with Crippen LogP contribution in [0.15, 0.2) is 46.8 Å². The smallest absolute Gasteiger partial charge is 0.188 e. The number of nitrogens with one attached hydrogen (secondary N) is 1. The fourth-order valence-electron chi connectivity index (χ4n) is 1.99. The zero-order chi connectivity index (χ0) is 14.9. The van der Waals surface area contributed by atoms with Gasteiger partial charge < -0.3 is 11.1 Å². The predicted molar refractivity (Wildman–Crippen MR) is 108 cm³/mol. The first-order valence-electron chi connectivity index (χ1n) is 7.05. The Morgan fingerprint density at radius 3 is 2.73 bits per heavy atom. The van der Waals surface area contributed by atoms with E-state index in [9.17, 15) is 0 Å². The Hall–Kier alpha value is -0.790. The Labute approximate surface area is 158 Å². The summed E-state index contributed by atoms with van der Waals surface area (Å²) < 4.78 is 0. The third-order valence-corrected chi connectivity index (χ3v) is 4.41. The second-order valence-electron chi connectivity index (χ2n) is 4.72. The van der Waals surface area contributed by atoms with E-state index in [1.807, 2.05) is 18.2 Å². The molecule has 0 unspecified atom stereocenters. The first-order chi connectivity index (χ1) is 10.3. The number of thiophene rings is 1. The minimum Gasteiger partial charge on any atom is -0.370 e. The molecule has 1 aromatic carbocycles. The highest BCUT2D eigenvalue weighted by Gasteiger charge is 1.98. The van der Waals surface area contributed by atoms with Crippen LogP contribution < -0.4 is 11.1 Å². The van der Waals surface area contributed by atoms with Crippen LogP contribution in [0, 0.1) is 0 Å². The van der Waals surface area contributed by atoms with Crippen molar-refractivity contribution in [2.45, 2.75) is 19.3 Å². The number of guanidine groups is 1. The number of halogens is 2. The largest absolute Gasteiger partial charge is 0.370 e. The third kappa shape index (κ3) is 6.98. The van der Waals surface area contributed by atoms with Crippen molar-refractivity contribution in [2.24, 2.45) is 10.7 Å². The lowest BCUT2D eigenvalue weighted by Gasteiger charge is -2.05. The minimum absolute atomic E-state index is 0. The number of hydrogen-bond acceptors (Lipinski definition) is 2. The number of nitrogens with two attached hydrogens (primary N) is 1. The molecule has 3 nitrogen and oxygen atoms in total. The molecule has 2 aromatic rings. The summed E-state index contributed by atoms with van der Waals surface area (Å²) in [5.74, 6) is 0.519. The van der Waals surface area contributed by atoms with Crippen LogP contribution in [-0.4, -0.2) is 19.0 Å². The number of nitrogens with zero attached hydrogens (tertiary/aromatic N) is 1. The van der Waals surface area contributed by atoms with Gasteiger partial charge in [0.25, 0.3) is 0 Å². The summed E-state index contributed by atoms with van der Waals surface area (Å²) in [6.07, 6.45) is 2.84. The van der Waals surface area contributed by atoms with Crippen LogP contribution in [0.5, 0.6) is 0 Å². The number of benzene rings is 1. The molecule has 0 aliphatic rings. The third-order valence-electron chi connectivity index (χ3n) is 3.10. The van der Waals surface area contributed by atoms with Crippen molar-refractivity contribution in [3.63, 3.8) is 0 Å². The Morgan fingerprint density at radius 2 is 2.00 bits per heavy atom. The topological polar surface area (TPSA) is 50.4 Å². The van der Waals surface area contributed by atoms with Gasteiger partial charge in [-0.3, -0.25) is 4.99 Å². The van der Waals surface area contributed by atoms with Crippen LogP contribution in [0.3, 0.4) is 0 Å². The molecule has 0 radical (unpaired) electrons. The van der Waals surface area contributed by atoms with Crippen LogP contribution in [-0.2, 0) is 12.8 Å². The molecule has 0 aliphatic heterocycles. The number of aliphatic imine (C=N–C) groups is 1. The average molecular weight is 450 g/mol. The van der Waals surface area contributed by atoms with Crippen LogP contribution >= 0.6 is 46.9 Å². The molecule has 0 atom stereocenters. The van der Waals surface area contributed by atoms with Gasteiger partial charge >= 0.3 is 0 Å². The maximum Gasteiger partial charge on any atom is 0.188 e. The Morgan fingerprint density at radius 1 is 1.18 bits per heavy atom. The molecule has 22 heavy (non-hydrogen) atoms. The van der Waals surface area contributed by atoms with Gasteiger partial charge in [0.05, 0.1) is 0 Å². The molecule has 120 valence electrons. The highest BCUT2D eigenvalue weighted by molar-refractivity contribution is 14.0. The van der Waals surface area contributed by atoms with Crippen molar-refractivity contribution in [3.05, 3.63) is 57.2 Å². The lowest BCUT2D eigenvalue weighted by molar-refractivity contribution is 0.810. The maximum atomic E-state index is 6.11. The lowest BCUT2D eigenvalue weighted by Crippen LogP contribution is -2.33. The Balaban J connectivity index is 0.00000242. The summed E-state index contributed by atoms with van der Waals surface area (Å²) in [6, 6.07) is 12.1. The Bertz CT molecular complexity index is 573. The maximum absolute atomic E-state index is 6.11. The van der Waals surface area contributed by atoms with Crippen LogP contribution in [0.2, 0.25) is 5.02 Å². The van der Waals surface area contributed by atoms with E-state index in [-0.39, 0.29) is 24.0 Å². The standard InChI is InChI=1S/C16H20ClN3S.HI/c17-15-8-2-1-5-13(15)6-3-10-19-16(18)20-11-9-14-7-4-12-21-14;/h1-2,4-5,7-8,12H,3,6,9-11H2,(H3,18,19,20);1H. The van der Waals surface area contributed by atoms with E-state index in [4.69, 9.17) is 17.3 Å². The molecular weight excluding hydrogens is 429 g/mol. The van der Waals surface area contributed by atoms with E-state index in [2.05, 4.69) is 33.9 Å². The molecule has 0 saturated heterocycles. The SMILES string of the molecule is I.NC(=NCCCc1ccccc1Cl)NCCc1cccs1. The molecule has 0 amide bonds. The summed E-state index contributed by atoms with van der Waals surface area (Å²) in [4.78, 5) is 5.69. The van der Waals surface area contributed by atoms with Crippen molar-refractivity contribution >= 4 is 52.9 Å². The van der Waals surface area contributed by atoms with Crippen LogP contribution in [0.1, 0.15) is 16.9 Å². The first-order valence-corrected chi connectivity index (χ1v) is 8.31. The summed E-state index contributed by atoms with van der Waals surface area (Å²) in [7, 11) is 0. The molecule has 1 aromatic heterocycles. The molecule has 0 fully saturated rings. The lowest BCUT2D eigenvalue weighted by atomic mass is 10.1. The summed E-state index contributed by atoms with van der Waals surface area (Å²) in [5, 5.41) is 6.05. The zero-order valence-corrected chi connectivity index (χ0v) is 16.2. The average Bonchev–Trinajstić information content (AvgIpc) is 2.98. The molecule has 6 heteroatoms. The number of aryl methyl sites for hydroxylation is 1. The normalized spacial score (nSPS) is 11.0. The number of rotatable bonds is 7. The summed E-state index contributed by atoms with van der Waals surface area (Å²) in [6.45, 7) is 1.53. The molecule has 0 spiro atoms. The molecule has 0 saturated carbocycles. The van der Waals surface area contributed by atoms with Gasteiger partial charge in [0, 0.05) is 23.0 Å². The van der Waals surface area contributed by atoms with Gasteiger partial charge in [-0.05, 0) is 42.3 Å². The first kappa shape index (κ1) is 19.3. The van der Waals surface area contributed by atoms with E-state index in [0.29, 0.717) is 12.5 Å². The molecule has 0 aliphatic carbocycles. The van der Waals surface area contributed by atoms with E-state index in [0.717, 1.165) is 30.8 Å². The molecule has 1 heterocycles. The van der Waals surface area contributed by atoms with E-state index in [1.54, 1.807) is 11.3 Å². The van der Waals surface area contributed by atoms with Gasteiger partial charge in [-0.1, -0.05) is 35.9 Å². The molecule has 3 N–H and O–H groups in total. The van der Waals surface area contributed by atoms with Crippen molar-refractivity contribution < 1.29 is 0 Å².